The number of fused-ring (bicyclic) bond motifs is 1. The molecule has 2 heterocycles. The van der Waals surface area contributed by atoms with Crippen LogP contribution in [0.25, 0.3) is 17.0 Å². The van der Waals surface area contributed by atoms with Crippen molar-refractivity contribution in [2.75, 3.05) is 26.9 Å². The Morgan fingerprint density at radius 1 is 1.07 bits per heavy atom. The van der Waals surface area contributed by atoms with Crippen LogP contribution in [0.1, 0.15) is 34.0 Å². The second-order valence-corrected chi connectivity index (χ2v) is 10.1. The molecule has 0 N–H and O–H groups in total. The molecule has 4 rings (SSSR count). The number of halogens is 7. The number of ether oxygens (including phenoxy) is 3. The molecule has 0 unspecified atom stereocenters. The first-order valence-electron chi connectivity index (χ1n) is 12.2. The van der Waals surface area contributed by atoms with Crippen LogP contribution in [0.15, 0.2) is 47.6 Å². The third kappa shape index (κ3) is 7.19. The Hall–Kier alpha value is -3.27. The number of methoxy groups -OCH3 is 1. The molecule has 0 bridgehead atoms. The van der Waals surface area contributed by atoms with E-state index in [0.717, 1.165) is 17.8 Å². The fraction of sp³-hybridized carbons (Fsp3) is 0.346. The fourth-order valence-corrected chi connectivity index (χ4v) is 5.15. The summed E-state index contributed by atoms with van der Waals surface area (Å²) in [5.41, 5.74) is -2.05. The summed E-state index contributed by atoms with van der Waals surface area (Å²) in [7, 11) is 1.52. The number of benzene rings is 2. The highest BCUT2D eigenvalue weighted by molar-refractivity contribution is 7.98. The van der Waals surface area contributed by atoms with E-state index in [1.807, 2.05) is 0 Å². The molecule has 0 aliphatic rings. The Bertz CT molecular complexity index is 1570. The lowest BCUT2D eigenvalue weighted by molar-refractivity contribution is -0.143. The van der Waals surface area contributed by atoms with E-state index in [-0.39, 0.29) is 53.9 Å². The average molecular weight is 637 g/mol. The molecule has 0 saturated heterocycles. The van der Waals surface area contributed by atoms with E-state index in [1.54, 1.807) is 23.6 Å². The number of carbonyl (C=O) groups is 1. The van der Waals surface area contributed by atoms with Crippen molar-refractivity contribution in [3.8, 4) is 5.95 Å². The molecule has 0 fully saturated rings. The smallest absolute Gasteiger partial charge is 0.416 e. The van der Waals surface area contributed by atoms with Crippen LogP contribution in [0, 0.1) is 0 Å². The average Bonchev–Trinajstić information content (AvgIpc) is 3.54. The normalized spacial score (nSPS) is 12.3. The van der Waals surface area contributed by atoms with Crippen LogP contribution in [-0.4, -0.2) is 52.2 Å². The maximum atomic E-state index is 13.6. The second-order valence-electron chi connectivity index (χ2n) is 8.69. The predicted octanol–water partition coefficient (Wildman–Crippen LogP) is 7.00. The molecule has 0 atom stereocenters. The Labute approximate surface area is 244 Å². The summed E-state index contributed by atoms with van der Waals surface area (Å²) in [6, 6.07) is 4.62. The summed E-state index contributed by atoms with van der Waals surface area (Å²) in [5.74, 6) is -0.641. The van der Waals surface area contributed by atoms with E-state index >= 15 is 0 Å². The van der Waals surface area contributed by atoms with Gasteiger partial charge in [0.1, 0.15) is 6.73 Å². The number of nitrogens with zero attached hydrogens (tertiary/aromatic N) is 4. The first-order valence-corrected chi connectivity index (χ1v) is 13.6. The van der Waals surface area contributed by atoms with Gasteiger partial charge in [0, 0.05) is 24.0 Å². The van der Waals surface area contributed by atoms with E-state index in [2.05, 4.69) is 10.1 Å². The van der Waals surface area contributed by atoms with Crippen molar-refractivity contribution in [2.24, 2.45) is 0 Å². The Morgan fingerprint density at radius 2 is 1.83 bits per heavy atom. The number of thioether (sulfide) groups is 1. The first kappa shape index (κ1) is 31.7. The highest BCUT2D eigenvalue weighted by Gasteiger charge is 2.38. The molecule has 42 heavy (non-hydrogen) atoms. The molecule has 0 aliphatic heterocycles. The molecule has 2 aromatic heterocycles. The Kier molecular flexibility index (Phi) is 9.75. The van der Waals surface area contributed by atoms with Gasteiger partial charge in [0.25, 0.3) is 0 Å². The van der Waals surface area contributed by atoms with Gasteiger partial charge in [0.15, 0.2) is 0 Å². The highest BCUT2D eigenvalue weighted by atomic mass is 35.5. The number of aromatic nitrogens is 4. The topological polar surface area (TPSA) is 80.4 Å². The van der Waals surface area contributed by atoms with E-state index in [9.17, 15) is 31.1 Å². The van der Waals surface area contributed by atoms with Gasteiger partial charge in [-0.2, -0.15) is 31.4 Å². The summed E-state index contributed by atoms with van der Waals surface area (Å²) in [4.78, 5) is 17.1. The third-order valence-electron chi connectivity index (χ3n) is 5.86. The summed E-state index contributed by atoms with van der Waals surface area (Å²) >= 11 is 7.41. The van der Waals surface area contributed by atoms with Gasteiger partial charge in [-0.3, -0.25) is 4.57 Å². The van der Waals surface area contributed by atoms with Crippen molar-refractivity contribution >= 4 is 40.4 Å². The lowest BCUT2D eigenvalue weighted by Crippen LogP contribution is -2.13. The lowest BCUT2D eigenvalue weighted by atomic mass is 10.0. The summed E-state index contributed by atoms with van der Waals surface area (Å²) in [5, 5.41) is 4.37. The largest absolute Gasteiger partial charge is 0.462 e. The van der Waals surface area contributed by atoms with E-state index in [0.29, 0.717) is 28.6 Å². The summed E-state index contributed by atoms with van der Waals surface area (Å²) < 4.78 is 98.6. The number of imidazole rings is 1. The van der Waals surface area contributed by atoms with Crippen molar-refractivity contribution in [2.45, 2.75) is 36.7 Å². The van der Waals surface area contributed by atoms with Crippen LogP contribution >= 0.6 is 23.4 Å². The molecule has 16 heteroatoms. The van der Waals surface area contributed by atoms with Gasteiger partial charge in [-0.1, -0.05) is 17.7 Å². The van der Waals surface area contributed by atoms with Gasteiger partial charge in [-0.15, -0.1) is 11.8 Å². The van der Waals surface area contributed by atoms with Crippen molar-refractivity contribution in [1.82, 2.24) is 19.3 Å². The van der Waals surface area contributed by atoms with Gasteiger partial charge in [-0.25, -0.2) is 14.5 Å². The van der Waals surface area contributed by atoms with Crippen LogP contribution in [0.4, 0.5) is 26.3 Å². The zero-order valence-corrected chi connectivity index (χ0v) is 23.6. The molecule has 4 aromatic rings. The standard InChI is InChI=1S/C26H23ClF6N4O4S/c1-3-41-23(38)16-11-34-37(12-16)24-35-20-10-22(19(27)9-21(20)36(24)14-40-7-6-39-2)42-13-15-4-5-17(25(28,29)30)8-18(15)26(31,32)33/h4-5,8-12H,3,6-7,13-14H2,1-2H3. The van der Waals surface area contributed by atoms with Gasteiger partial charge in [0.2, 0.25) is 5.95 Å². The number of alkyl halides is 6. The fourth-order valence-electron chi connectivity index (χ4n) is 3.87. The minimum atomic E-state index is -4.99. The first-order chi connectivity index (χ1) is 19.8. The monoisotopic (exact) mass is 636 g/mol. The van der Waals surface area contributed by atoms with Crippen LogP contribution < -0.4 is 0 Å². The molecular formula is C26H23ClF6N4O4S. The van der Waals surface area contributed by atoms with Gasteiger partial charge in [-0.05, 0) is 36.8 Å². The number of esters is 1. The van der Waals surface area contributed by atoms with Crippen molar-refractivity contribution < 1.29 is 45.3 Å². The van der Waals surface area contributed by atoms with Crippen LogP contribution in [0.3, 0.4) is 0 Å². The SMILES string of the molecule is CCOC(=O)c1cnn(-c2nc3cc(SCc4ccc(C(F)(F)F)cc4C(F)(F)F)c(Cl)cc3n2COCCOC)c1. The zero-order valence-electron chi connectivity index (χ0n) is 22.1. The van der Waals surface area contributed by atoms with Crippen molar-refractivity contribution in [3.63, 3.8) is 0 Å². The van der Waals surface area contributed by atoms with Crippen molar-refractivity contribution in [3.05, 3.63) is 70.0 Å². The highest BCUT2D eigenvalue weighted by Crippen LogP contribution is 2.40. The van der Waals surface area contributed by atoms with Crippen LogP contribution in [0.2, 0.25) is 5.02 Å². The Balaban J connectivity index is 1.69. The molecule has 0 amide bonds. The second kappa shape index (κ2) is 12.9. The van der Waals surface area contributed by atoms with Gasteiger partial charge >= 0.3 is 18.3 Å². The minimum Gasteiger partial charge on any atom is -0.462 e. The third-order valence-corrected chi connectivity index (χ3v) is 7.39. The number of rotatable bonds is 11. The Morgan fingerprint density at radius 3 is 2.50 bits per heavy atom. The number of hydrogen-bond donors (Lipinski definition) is 0. The quantitative estimate of drug-likeness (QED) is 0.0759. The molecule has 0 radical (unpaired) electrons. The molecular weight excluding hydrogens is 614 g/mol. The van der Waals surface area contributed by atoms with E-state index < -0.39 is 29.4 Å². The van der Waals surface area contributed by atoms with Crippen LogP contribution in [-0.2, 0) is 39.0 Å². The van der Waals surface area contributed by atoms with Crippen LogP contribution in [0.5, 0.6) is 0 Å². The minimum absolute atomic E-state index is 0.00684. The lowest BCUT2D eigenvalue weighted by Gasteiger charge is -2.16. The maximum absolute atomic E-state index is 13.6. The predicted molar refractivity (Wildman–Crippen MR) is 142 cm³/mol. The number of hydrogen-bond acceptors (Lipinski definition) is 7. The number of carbonyl (C=O) groups excluding carboxylic acids is 1. The zero-order chi connectivity index (χ0) is 30.7. The van der Waals surface area contributed by atoms with Gasteiger partial charge < -0.3 is 14.2 Å². The maximum Gasteiger partial charge on any atom is 0.416 e. The van der Waals surface area contributed by atoms with E-state index in [4.69, 9.17) is 25.8 Å². The summed E-state index contributed by atoms with van der Waals surface area (Å²) in [6.45, 7) is 2.40. The molecule has 0 spiro atoms. The molecule has 0 aliphatic carbocycles. The van der Waals surface area contributed by atoms with Gasteiger partial charge in [0.05, 0.1) is 58.8 Å². The molecule has 0 saturated carbocycles. The van der Waals surface area contributed by atoms with Crippen molar-refractivity contribution in [1.29, 1.82) is 0 Å². The van der Waals surface area contributed by atoms with E-state index in [1.165, 1.54) is 24.2 Å². The molecule has 2 aromatic carbocycles. The summed E-state index contributed by atoms with van der Waals surface area (Å²) in [6.07, 6.45) is -7.18. The molecule has 226 valence electrons. The molecule has 8 nitrogen and oxygen atoms in total.